The van der Waals surface area contributed by atoms with Crippen LogP contribution in [-0.4, -0.2) is 24.6 Å². The predicted molar refractivity (Wildman–Crippen MR) is 84.3 cm³/mol. The molecule has 0 saturated carbocycles. The highest BCUT2D eigenvalue weighted by molar-refractivity contribution is 7.15. The highest BCUT2D eigenvalue weighted by Crippen LogP contribution is 2.37. The quantitative estimate of drug-likeness (QED) is 0.825. The summed E-state index contributed by atoms with van der Waals surface area (Å²) >= 11 is 1.92. The number of anilines is 1. The first-order valence-corrected chi connectivity index (χ1v) is 8.59. The van der Waals surface area contributed by atoms with Gasteiger partial charge in [-0.05, 0) is 38.6 Å². The number of thiazole rings is 1. The maximum atomic E-state index is 4.93. The Labute approximate surface area is 121 Å². The molecule has 4 heteroatoms. The van der Waals surface area contributed by atoms with Gasteiger partial charge in [0.15, 0.2) is 5.13 Å². The van der Waals surface area contributed by atoms with E-state index in [1.165, 1.54) is 47.8 Å². The van der Waals surface area contributed by atoms with Crippen LogP contribution in [0.2, 0.25) is 0 Å². The summed E-state index contributed by atoms with van der Waals surface area (Å²) in [4.78, 5) is 8.89. The van der Waals surface area contributed by atoms with Crippen LogP contribution in [0.1, 0.15) is 63.1 Å². The fraction of sp³-hybridized carbons (Fsp3) is 0.800. The van der Waals surface area contributed by atoms with Crippen LogP contribution in [-0.2, 0) is 6.42 Å². The SMILES string of the molecule is CCCN(CCC)c1nc2c(s1)C(NCC)CCC2. The molecule has 108 valence electrons. The molecule has 1 N–H and O–H groups in total. The number of hydrogen-bond acceptors (Lipinski definition) is 4. The van der Waals surface area contributed by atoms with Crippen molar-refractivity contribution in [1.29, 1.82) is 0 Å². The minimum Gasteiger partial charge on any atom is -0.348 e. The molecule has 0 fully saturated rings. The molecule has 1 aliphatic rings. The molecular weight excluding hydrogens is 254 g/mol. The average Bonchev–Trinajstić information content (AvgIpc) is 2.84. The zero-order chi connectivity index (χ0) is 13.7. The molecule has 19 heavy (non-hydrogen) atoms. The normalized spacial score (nSPS) is 18.4. The summed E-state index contributed by atoms with van der Waals surface area (Å²) in [5, 5.41) is 4.86. The number of aryl methyl sites for hydroxylation is 1. The largest absolute Gasteiger partial charge is 0.348 e. The fourth-order valence-electron chi connectivity index (χ4n) is 2.83. The number of fused-ring (bicyclic) bond motifs is 1. The number of nitrogens with zero attached hydrogens (tertiary/aromatic N) is 2. The Morgan fingerprint density at radius 2 is 2.00 bits per heavy atom. The van der Waals surface area contributed by atoms with Crippen molar-refractivity contribution in [3.05, 3.63) is 10.6 Å². The Hall–Kier alpha value is -0.610. The molecule has 0 radical (unpaired) electrons. The first kappa shape index (κ1) is 14.8. The van der Waals surface area contributed by atoms with Gasteiger partial charge in [0.05, 0.1) is 5.69 Å². The number of rotatable bonds is 7. The number of aromatic nitrogens is 1. The van der Waals surface area contributed by atoms with Gasteiger partial charge in [-0.2, -0.15) is 0 Å². The molecule has 1 unspecified atom stereocenters. The monoisotopic (exact) mass is 281 g/mol. The van der Waals surface area contributed by atoms with Gasteiger partial charge in [0.1, 0.15) is 0 Å². The highest BCUT2D eigenvalue weighted by Gasteiger charge is 2.25. The van der Waals surface area contributed by atoms with Crippen molar-refractivity contribution in [2.75, 3.05) is 24.5 Å². The van der Waals surface area contributed by atoms with E-state index in [-0.39, 0.29) is 0 Å². The summed E-state index contributed by atoms with van der Waals surface area (Å²) in [6, 6.07) is 0.546. The summed E-state index contributed by atoms with van der Waals surface area (Å²) in [5.74, 6) is 0. The zero-order valence-corrected chi connectivity index (χ0v) is 13.4. The van der Waals surface area contributed by atoms with Crippen LogP contribution >= 0.6 is 11.3 Å². The molecule has 1 heterocycles. The lowest BCUT2D eigenvalue weighted by Gasteiger charge is -2.21. The summed E-state index contributed by atoms with van der Waals surface area (Å²) < 4.78 is 0. The second kappa shape index (κ2) is 7.25. The molecule has 1 aromatic heterocycles. The first-order chi connectivity index (χ1) is 9.30. The van der Waals surface area contributed by atoms with Crippen molar-refractivity contribution in [2.24, 2.45) is 0 Å². The van der Waals surface area contributed by atoms with E-state index in [4.69, 9.17) is 4.98 Å². The minimum absolute atomic E-state index is 0.546. The van der Waals surface area contributed by atoms with Crippen molar-refractivity contribution in [3.63, 3.8) is 0 Å². The lowest BCUT2D eigenvalue weighted by molar-refractivity contribution is 0.476. The molecule has 0 spiro atoms. The van der Waals surface area contributed by atoms with E-state index < -0.39 is 0 Å². The van der Waals surface area contributed by atoms with Crippen LogP contribution in [0, 0.1) is 0 Å². The standard InChI is InChI=1S/C15H27N3S/c1-4-10-18(11-5-2)15-17-13-9-7-8-12(16-6-3)14(13)19-15/h12,16H,4-11H2,1-3H3. The lowest BCUT2D eigenvalue weighted by atomic mass is 9.98. The molecule has 0 aromatic carbocycles. The molecule has 1 aliphatic carbocycles. The van der Waals surface area contributed by atoms with Crippen LogP contribution in [0.5, 0.6) is 0 Å². The van der Waals surface area contributed by atoms with Gasteiger partial charge in [0, 0.05) is 24.0 Å². The Balaban J connectivity index is 2.19. The third kappa shape index (κ3) is 3.48. The van der Waals surface area contributed by atoms with Crippen LogP contribution < -0.4 is 10.2 Å². The van der Waals surface area contributed by atoms with Crippen LogP contribution in [0.4, 0.5) is 5.13 Å². The van der Waals surface area contributed by atoms with Crippen LogP contribution in [0.3, 0.4) is 0 Å². The van der Waals surface area contributed by atoms with E-state index in [2.05, 4.69) is 31.0 Å². The molecular formula is C15H27N3S. The first-order valence-electron chi connectivity index (χ1n) is 7.78. The maximum Gasteiger partial charge on any atom is 0.185 e. The molecule has 0 amide bonds. The van der Waals surface area contributed by atoms with E-state index in [0.717, 1.165) is 19.6 Å². The predicted octanol–water partition coefficient (Wildman–Crippen LogP) is 3.76. The third-order valence-corrected chi connectivity index (χ3v) is 4.92. The van der Waals surface area contributed by atoms with Gasteiger partial charge in [-0.1, -0.05) is 32.1 Å². The molecule has 1 aromatic rings. The second-order valence-electron chi connectivity index (χ2n) is 5.30. The Kier molecular flexibility index (Phi) is 5.64. The Bertz CT molecular complexity index is 383. The molecule has 2 rings (SSSR count). The summed E-state index contributed by atoms with van der Waals surface area (Å²) in [5.41, 5.74) is 1.36. The smallest absolute Gasteiger partial charge is 0.185 e. The zero-order valence-electron chi connectivity index (χ0n) is 12.5. The van der Waals surface area contributed by atoms with E-state index in [9.17, 15) is 0 Å². The third-order valence-electron chi connectivity index (χ3n) is 3.65. The minimum atomic E-state index is 0.546. The number of hydrogen-bond donors (Lipinski definition) is 1. The molecule has 0 aliphatic heterocycles. The molecule has 0 bridgehead atoms. The van der Waals surface area contributed by atoms with Gasteiger partial charge in [-0.25, -0.2) is 4.98 Å². The summed E-state index contributed by atoms with van der Waals surface area (Å²) in [7, 11) is 0. The van der Waals surface area contributed by atoms with Gasteiger partial charge in [-0.3, -0.25) is 0 Å². The summed E-state index contributed by atoms with van der Waals surface area (Å²) in [6.07, 6.45) is 6.10. The van der Waals surface area contributed by atoms with Crippen LogP contribution in [0.15, 0.2) is 0 Å². The van der Waals surface area contributed by atoms with Crippen molar-refractivity contribution < 1.29 is 0 Å². The number of nitrogens with one attached hydrogen (secondary N) is 1. The van der Waals surface area contributed by atoms with Gasteiger partial charge < -0.3 is 10.2 Å². The van der Waals surface area contributed by atoms with E-state index in [1.54, 1.807) is 0 Å². The van der Waals surface area contributed by atoms with Crippen LogP contribution in [0.25, 0.3) is 0 Å². The fourth-order valence-corrected chi connectivity index (χ4v) is 4.10. The van der Waals surface area contributed by atoms with Gasteiger partial charge in [0.25, 0.3) is 0 Å². The molecule has 1 atom stereocenters. The van der Waals surface area contributed by atoms with Gasteiger partial charge in [-0.15, -0.1) is 0 Å². The molecule has 0 saturated heterocycles. The highest BCUT2D eigenvalue weighted by atomic mass is 32.1. The van der Waals surface area contributed by atoms with Gasteiger partial charge >= 0.3 is 0 Å². The van der Waals surface area contributed by atoms with Gasteiger partial charge in [0.2, 0.25) is 0 Å². The van der Waals surface area contributed by atoms with Crippen molar-refractivity contribution in [2.45, 2.75) is 58.9 Å². The Morgan fingerprint density at radius 1 is 1.26 bits per heavy atom. The second-order valence-corrected chi connectivity index (χ2v) is 6.31. The average molecular weight is 281 g/mol. The van der Waals surface area contributed by atoms with E-state index in [0.29, 0.717) is 6.04 Å². The van der Waals surface area contributed by atoms with Crippen molar-refractivity contribution >= 4 is 16.5 Å². The Morgan fingerprint density at radius 3 is 2.63 bits per heavy atom. The van der Waals surface area contributed by atoms with Crippen molar-refractivity contribution in [1.82, 2.24) is 10.3 Å². The van der Waals surface area contributed by atoms with E-state index >= 15 is 0 Å². The topological polar surface area (TPSA) is 28.2 Å². The lowest BCUT2D eigenvalue weighted by Crippen LogP contribution is -2.24. The molecule has 3 nitrogen and oxygen atoms in total. The van der Waals surface area contributed by atoms with E-state index in [1.807, 2.05) is 11.3 Å². The maximum absolute atomic E-state index is 4.93. The summed E-state index contributed by atoms with van der Waals surface area (Å²) in [6.45, 7) is 10.00. The van der Waals surface area contributed by atoms with Crippen molar-refractivity contribution in [3.8, 4) is 0 Å².